The van der Waals surface area contributed by atoms with Crippen LogP contribution in [0.1, 0.15) is 10.6 Å². The topological polar surface area (TPSA) is 73.0 Å². The van der Waals surface area contributed by atoms with Crippen molar-refractivity contribution in [1.29, 1.82) is 0 Å². The first-order chi connectivity index (χ1) is 8.48. The number of nitrogens with two attached hydrogens (primary N) is 1. The molecule has 0 spiro atoms. The Bertz CT molecular complexity index is 648. The fraction of sp³-hybridized carbons (Fsp3) is 0.250. The molecule has 6 heteroatoms. The van der Waals surface area contributed by atoms with Gasteiger partial charge in [0.25, 0.3) is 0 Å². The van der Waals surface area contributed by atoms with Crippen LogP contribution in [0, 0.1) is 0 Å². The van der Waals surface area contributed by atoms with Crippen LogP contribution < -0.4 is 5.73 Å². The summed E-state index contributed by atoms with van der Waals surface area (Å²) < 4.78 is 22.4. The Labute approximate surface area is 110 Å². The van der Waals surface area contributed by atoms with E-state index in [-0.39, 0.29) is 5.75 Å². The summed E-state index contributed by atoms with van der Waals surface area (Å²) >= 11 is 1.36. The smallest absolute Gasteiger partial charge is 0.153 e. The number of sulfone groups is 1. The summed E-state index contributed by atoms with van der Waals surface area (Å²) in [6.07, 6.45) is 1.21. The van der Waals surface area contributed by atoms with Gasteiger partial charge in [-0.2, -0.15) is 0 Å². The maximum absolute atomic E-state index is 11.2. The minimum atomic E-state index is -3.03. The van der Waals surface area contributed by atoms with Crippen LogP contribution in [0.25, 0.3) is 11.3 Å². The first kappa shape index (κ1) is 13.2. The SMILES string of the molecule is CS(=O)(=O)Cc1nc(-c2cccc(CN)c2)cs1. The van der Waals surface area contributed by atoms with E-state index in [1.54, 1.807) is 0 Å². The summed E-state index contributed by atoms with van der Waals surface area (Å²) in [5.41, 5.74) is 8.39. The second kappa shape index (κ2) is 5.17. The quantitative estimate of drug-likeness (QED) is 0.928. The van der Waals surface area contributed by atoms with Gasteiger partial charge in [0.05, 0.1) is 5.69 Å². The van der Waals surface area contributed by atoms with Crippen LogP contribution in [0.4, 0.5) is 0 Å². The molecular weight excluding hydrogens is 268 g/mol. The Morgan fingerprint density at radius 3 is 2.83 bits per heavy atom. The Balaban J connectivity index is 2.29. The lowest BCUT2D eigenvalue weighted by Crippen LogP contribution is -2.00. The lowest BCUT2D eigenvalue weighted by molar-refractivity contribution is 0.601. The van der Waals surface area contributed by atoms with E-state index in [0.29, 0.717) is 11.6 Å². The predicted molar refractivity (Wildman–Crippen MR) is 74.0 cm³/mol. The molecule has 96 valence electrons. The van der Waals surface area contributed by atoms with Gasteiger partial charge < -0.3 is 5.73 Å². The van der Waals surface area contributed by atoms with E-state index in [9.17, 15) is 8.42 Å². The van der Waals surface area contributed by atoms with Gasteiger partial charge in [-0.25, -0.2) is 13.4 Å². The number of rotatable bonds is 4. The van der Waals surface area contributed by atoms with E-state index >= 15 is 0 Å². The molecule has 0 radical (unpaired) electrons. The molecule has 18 heavy (non-hydrogen) atoms. The second-order valence-electron chi connectivity index (χ2n) is 4.10. The molecule has 0 unspecified atom stereocenters. The molecule has 0 amide bonds. The van der Waals surface area contributed by atoms with E-state index in [0.717, 1.165) is 16.8 Å². The van der Waals surface area contributed by atoms with Gasteiger partial charge in [0.15, 0.2) is 9.84 Å². The fourth-order valence-corrected chi connectivity index (χ4v) is 3.61. The van der Waals surface area contributed by atoms with Crippen LogP contribution in [0.2, 0.25) is 0 Å². The van der Waals surface area contributed by atoms with Crippen molar-refractivity contribution in [2.75, 3.05) is 6.26 Å². The highest BCUT2D eigenvalue weighted by atomic mass is 32.2. The van der Waals surface area contributed by atoms with Crippen molar-refractivity contribution in [1.82, 2.24) is 4.98 Å². The average Bonchev–Trinajstić information content (AvgIpc) is 2.75. The normalized spacial score (nSPS) is 11.7. The zero-order valence-corrected chi connectivity index (χ0v) is 11.6. The van der Waals surface area contributed by atoms with Crippen LogP contribution in [0.15, 0.2) is 29.6 Å². The van der Waals surface area contributed by atoms with Crippen molar-refractivity contribution in [2.45, 2.75) is 12.3 Å². The second-order valence-corrected chi connectivity index (χ2v) is 7.18. The fourth-order valence-electron chi connectivity index (χ4n) is 1.59. The highest BCUT2D eigenvalue weighted by Crippen LogP contribution is 2.23. The maximum atomic E-state index is 11.2. The molecule has 4 nitrogen and oxygen atoms in total. The summed E-state index contributed by atoms with van der Waals surface area (Å²) in [6, 6.07) is 7.79. The largest absolute Gasteiger partial charge is 0.326 e. The van der Waals surface area contributed by atoms with Crippen molar-refractivity contribution < 1.29 is 8.42 Å². The molecule has 2 N–H and O–H groups in total. The number of hydrogen-bond acceptors (Lipinski definition) is 5. The van der Waals surface area contributed by atoms with Gasteiger partial charge in [-0.15, -0.1) is 11.3 Å². The van der Waals surface area contributed by atoms with Crippen molar-refractivity contribution in [3.63, 3.8) is 0 Å². The van der Waals surface area contributed by atoms with Crippen molar-refractivity contribution in [3.8, 4) is 11.3 Å². The lowest BCUT2D eigenvalue weighted by atomic mass is 10.1. The van der Waals surface area contributed by atoms with Crippen molar-refractivity contribution in [3.05, 3.63) is 40.2 Å². The molecule has 0 fully saturated rings. The molecule has 0 bridgehead atoms. The maximum Gasteiger partial charge on any atom is 0.153 e. The summed E-state index contributed by atoms with van der Waals surface area (Å²) in [5.74, 6) is -0.00571. The third-order valence-electron chi connectivity index (χ3n) is 2.40. The van der Waals surface area contributed by atoms with Gasteiger partial charge in [0.2, 0.25) is 0 Å². The minimum absolute atomic E-state index is 0.00571. The predicted octanol–water partition coefficient (Wildman–Crippen LogP) is 1.81. The van der Waals surface area contributed by atoms with Gasteiger partial charge in [0, 0.05) is 23.7 Å². The summed E-state index contributed by atoms with van der Waals surface area (Å²) in [4.78, 5) is 4.34. The molecule has 0 saturated heterocycles. The van der Waals surface area contributed by atoms with Crippen LogP contribution in [0.3, 0.4) is 0 Å². The van der Waals surface area contributed by atoms with Gasteiger partial charge in [-0.1, -0.05) is 18.2 Å². The molecule has 0 atom stereocenters. The van der Waals surface area contributed by atoms with E-state index in [2.05, 4.69) is 4.98 Å². The standard InChI is InChI=1S/C12H14N2O2S2/c1-18(15,16)8-12-14-11(7-17-12)10-4-2-3-9(5-10)6-13/h2-5,7H,6,8,13H2,1H3. The van der Waals surface area contributed by atoms with Gasteiger partial charge in [-0.3, -0.25) is 0 Å². The summed E-state index contributed by atoms with van der Waals surface area (Å²) in [7, 11) is -3.03. The van der Waals surface area contributed by atoms with Gasteiger partial charge in [0.1, 0.15) is 10.8 Å². The Kier molecular flexibility index (Phi) is 3.79. The molecule has 2 rings (SSSR count). The Morgan fingerprint density at radius 1 is 1.39 bits per heavy atom. The highest BCUT2D eigenvalue weighted by molar-refractivity contribution is 7.90. The molecule has 1 aromatic carbocycles. The number of thiazole rings is 1. The zero-order valence-electron chi connectivity index (χ0n) is 9.96. The summed E-state index contributed by atoms with van der Waals surface area (Å²) in [5, 5.41) is 2.49. The first-order valence-electron chi connectivity index (χ1n) is 5.39. The third kappa shape index (κ3) is 3.38. The molecule has 0 saturated carbocycles. The molecule has 0 aliphatic heterocycles. The molecule has 2 aromatic rings. The molecular formula is C12H14N2O2S2. The molecule has 0 aliphatic rings. The average molecular weight is 282 g/mol. The molecule has 1 heterocycles. The minimum Gasteiger partial charge on any atom is -0.326 e. The van der Waals surface area contributed by atoms with E-state index < -0.39 is 9.84 Å². The first-order valence-corrected chi connectivity index (χ1v) is 8.33. The molecule has 0 aliphatic carbocycles. The van der Waals surface area contributed by atoms with Crippen LogP contribution in [-0.4, -0.2) is 19.7 Å². The van der Waals surface area contributed by atoms with Gasteiger partial charge >= 0.3 is 0 Å². The number of hydrogen-bond donors (Lipinski definition) is 1. The van der Waals surface area contributed by atoms with Gasteiger partial charge in [-0.05, 0) is 11.6 Å². The number of nitrogens with zero attached hydrogens (tertiary/aromatic N) is 1. The molecule has 1 aromatic heterocycles. The highest BCUT2D eigenvalue weighted by Gasteiger charge is 2.10. The zero-order chi connectivity index (χ0) is 13.2. The van der Waals surface area contributed by atoms with Crippen LogP contribution in [0.5, 0.6) is 0 Å². The van der Waals surface area contributed by atoms with Crippen molar-refractivity contribution in [2.24, 2.45) is 5.73 Å². The Morgan fingerprint density at radius 2 is 2.17 bits per heavy atom. The van der Waals surface area contributed by atoms with E-state index in [1.807, 2.05) is 29.6 Å². The number of aromatic nitrogens is 1. The van der Waals surface area contributed by atoms with E-state index in [4.69, 9.17) is 5.73 Å². The lowest BCUT2D eigenvalue weighted by Gasteiger charge is -2.00. The van der Waals surface area contributed by atoms with Crippen molar-refractivity contribution >= 4 is 21.2 Å². The third-order valence-corrected chi connectivity index (χ3v) is 4.23. The summed E-state index contributed by atoms with van der Waals surface area (Å²) in [6.45, 7) is 0.480. The van der Waals surface area contributed by atoms with Crippen LogP contribution >= 0.6 is 11.3 Å². The number of benzene rings is 1. The van der Waals surface area contributed by atoms with E-state index in [1.165, 1.54) is 17.6 Å². The Hall–Kier alpha value is -1.24. The monoisotopic (exact) mass is 282 g/mol. The van der Waals surface area contributed by atoms with Crippen LogP contribution in [-0.2, 0) is 22.1 Å².